The fraction of sp³-hybridized carbons (Fsp3) is 0.429. The Balaban J connectivity index is 2.02. The van der Waals surface area contributed by atoms with E-state index in [2.05, 4.69) is 20.6 Å². The van der Waals surface area contributed by atoms with Gasteiger partial charge in [-0.25, -0.2) is 9.78 Å². The van der Waals surface area contributed by atoms with Gasteiger partial charge in [-0.15, -0.1) is 0 Å². The zero-order valence-electron chi connectivity index (χ0n) is 17.7. The van der Waals surface area contributed by atoms with E-state index in [-0.39, 0.29) is 31.5 Å². The van der Waals surface area contributed by atoms with Crippen LogP contribution in [0.4, 0.5) is 4.79 Å². The molecule has 0 saturated carbocycles. The summed E-state index contributed by atoms with van der Waals surface area (Å²) in [6.45, 7) is 3.57. The average molecular weight is 431 g/mol. The maximum Gasteiger partial charge on any atom is 0.405 e. The van der Waals surface area contributed by atoms with Gasteiger partial charge in [-0.05, 0) is 5.56 Å². The highest BCUT2D eigenvalue weighted by Gasteiger charge is 2.28. The zero-order valence-corrected chi connectivity index (χ0v) is 17.7. The maximum absolute atomic E-state index is 12.9. The maximum atomic E-state index is 12.9. The summed E-state index contributed by atoms with van der Waals surface area (Å²) in [6, 6.07) is 8.59. The Labute approximate surface area is 180 Å². The molecule has 1 atom stereocenters. The predicted molar refractivity (Wildman–Crippen MR) is 113 cm³/mol. The number of rotatable bonds is 11. The summed E-state index contributed by atoms with van der Waals surface area (Å²) < 4.78 is 0. The standard InChI is InChI=1S/C21H29N5O5/c1-21(2,15-6-4-3-5-7-15)13-23-18(28)12-26(8-9-27)19(29)17(25-20(30)31)10-16-11-22-14-24-16/h3-7,11,14,17,25,27H,8-10,12-13H2,1-2H3,(H,22,24)(H,23,28)(H,30,31)/t17-/m0/s1. The van der Waals surface area contributed by atoms with Crippen LogP contribution in [0.2, 0.25) is 0 Å². The third-order valence-corrected chi connectivity index (χ3v) is 4.86. The molecule has 2 rings (SSSR count). The highest BCUT2D eigenvalue weighted by atomic mass is 16.4. The van der Waals surface area contributed by atoms with Crippen molar-refractivity contribution in [2.75, 3.05) is 26.2 Å². The number of carbonyl (C=O) groups excluding carboxylic acids is 2. The third kappa shape index (κ3) is 7.41. The Morgan fingerprint density at radius 1 is 1.23 bits per heavy atom. The molecular formula is C21H29N5O5. The minimum atomic E-state index is -1.37. The average Bonchev–Trinajstić information content (AvgIpc) is 3.24. The molecule has 0 radical (unpaired) electrons. The molecule has 0 aliphatic carbocycles. The van der Waals surface area contributed by atoms with Gasteiger partial charge < -0.3 is 30.7 Å². The number of H-pyrrole nitrogens is 1. The first kappa shape index (κ1) is 23.9. The van der Waals surface area contributed by atoms with Gasteiger partial charge in [0.05, 0.1) is 25.2 Å². The molecule has 5 N–H and O–H groups in total. The fourth-order valence-corrected chi connectivity index (χ4v) is 3.11. The van der Waals surface area contributed by atoms with E-state index in [1.165, 1.54) is 6.33 Å². The Morgan fingerprint density at radius 3 is 2.52 bits per heavy atom. The lowest BCUT2D eigenvalue weighted by Gasteiger charge is -2.28. The number of benzene rings is 1. The number of hydrogen-bond acceptors (Lipinski definition) is 5. The molecule has 0 saturated heterocycles. The second-order valence-electron chi connectivity index (χ2n) is 7.78. The molecule has 1 aromatic carbocycles. The van der Waals surface area contributed by atoms with Crippen LogP contribution in [-0.2, 0) is 21.4 Å². The van der Waals surface area contributed by atoms with Crippen LogP contribution in [0.25, 0.3) is 0 Å². The number of aromatic nitrogens is 2. The van der Waals surface area contributed by atoms with Gasteiger partial charge in [0.2, 0.25) is 11.8 Å². The van der Waals surface area contributed by atoms with Crippen LogP contribution in [0.15, 0.2) is 42.9 Å². The van der Waals surface area contributed by atoms with Crippen LogP contribution in [0, 0.1) is 0 Å². The topological polar surface area (TPSA) is 148 Å². The van der Waals surface area contributed by atoms with E-state index in [4.69, 9.17) is 5.11 Å². The number of amides is 3. The summed E-state index contributed by atoms with van der Waals surface area (Å²) in [6.07, 6.45) is 1.62. The van der Waals surface area contributed by atoms with Gasteiger partial charge in [0, 0.05) is 31.1 Å². The fourth-order valence-electron chi connectivity index (χ4n) is 3.11. The van der Waals surface area contributed by atoms with Crippen LogP contribution in [-0.4, -0.2) is 75.3 Å². The number of nitrogens with zero attached hydrogens (tertiary/aromatic N) is 2. The quantitative estimate of drug-likeness (QED) is 0.350. The first-order chi connectivity index (χ1) is 14.7. The highest BCUT2D eigenvalue weighted by molar-refractivity contribution is 5.89. The lowest BCUT2D eigenvalue weighted by Crippen LogP contribution is -2.53. The molecule has 0 fully saturated rings. The van der Waals surface area contributed by atoms with Crippen molar-refractivity contribution in [3.63, 3.8) is 0 Å². The summed E-state index contributed by atoms with van der Waals surface area (Å²) in [5.74, 6) is -1.02. The first-order valence-electron chi connectivity index (χ1n) is 9.92. The van der Waals surface area contributed by atoms with Crippen molar-refractivity contribution >= 4 is 17.9 Å². The van der Waals surface area contributed by atoms with E-state index in [1.54, 1.807) is 6.20 Å². The Kier molecular flexibility index (Phi) is 8.56. The van der Waals surface area contributed by atoms with Crippen LogP contribution < -0.4 is 10.6 Å². The van der Waals surface area contributed by atoms with Gasteiger partial charge in [0.25, 0.3) is 0 Å². The number of carbonyl (C=O) groups is 3. The molecule has 10 heteroatoms. The number of hydrogen-bond donors (Lipinski definition) is 5. The van der Waals surface area contributed by atoms with Crippen molar-refractivity contribution in [2.45, 2.75) is 31.7 Å². The number of carboxylic acid groups (broad SMARTS) is 1. The second-order valence-corrected chi connectivity index (χ2v) is 7.78. The van der Waals surface area contributed by atoms with E-state index in [0.717, 1.165) is 10.5 Å². The van der Waals surface area contributed by atoms with E-state index in [1.807, 2.05) is 44.2 Å². The smallest absolute Gasteiger partial charge is 0.405 e. The van der Waals surface area contributed by atoms with Gasteiger partial charge in [0.1, 0.15) is 6.04 Å². The highest BCUT2D eigenvalue weighted by Crippen LogP contribution is 2.21. The molecule has 0 aliphatic rings. The van der Waals surface area contributed by atoms with Crippen LogP contribution in [0.1, 0.15) is 25.1 Å². The Bertz CT molecular complexity index is 854. The van der Waals surface area contributed by atoms with E-state index < -0.39 is 23.9 Å². The summed E-state index contributed by atoms with van der Waals surface area (Å²) in [7, 11) is 0. The lowest BCUT2D eigenvalue weighted by atomic mass is 9.84. The number of aliphatic hydroxyl groups is 1. The predicted octanol–water partition coefficient (Wildman–Crippen LogP) is 0.503. The number of imidazole rings is 1. The first-order valence-corrected chi connectivity index (χ1v) is 9.92. The molecule has 31 heavy (non-hydrogen) atoms. The van der Waals surface area contributed by atoms with Gasteiger partial charge in [-0.3, -0.25) is 9.59 Å². The van der Waals surface area contributed by atoms with E-state index in [0.29, 0.717) is 12.2 Å². The number of nitrogens with one attached hydrogen (secondary N) is 3. The molecule has 1 heterocycles. The second kappa shape index (κ2) is 11.1. The van der Waals surface area contributed by atoms with E-state index >= 15 is 0 Å². The molecule has 3 amide bonds. The minimum Gasteiger partial charge on any atom is -0.465 e. The summed E-state index contributed by atoms with van der Waals surface area (Å²) in [5.41, 5.74) is 1.23. The Morgan fingerprint density at radius 2 is 1.94 bits per heavy atom. The van der Waals surface area contributed by atoms with Gasteiger partial charge in [0.15, 0.2) is 0 Å². The zero-order chi connectivity index (χ0) is 22.9. The molecular weight excluding hydrogens is 402 g/mol. The lowest BCUT2D eigenvalue weighted by molar-refractivity contribution is -0.138. The van der Waals surface area contributed by atoms with E-state index in [9.17, 15) is 19.5 Å². The number of aliphatic hydroxyl groups excluding tert-OH is 1. The molecule has 1 aromatic heterocycles. The SMILES string of the molecule is CC(C)(CNC(=O)CN(CCO)C(=O)[C@H](Cc1c[nH]cn1)NC(=O)O)c1ccccc1. The van der Waals surface area contributed by atoms with Crippen LogP contribution >= 0.6 is 0 Å². The summed E-state index contributed by atoms with van der Waals surface area (Å²) in [5, 5.41) is 23.4. The molecule has 0 aliphatic heterocycles. The van der Waals surface area contributed by atoms with Gasteiger partial charge in [-0.2, -0.15) is 0 Å². The monoisotopic (exact) mass is 431 g/mol. The summed E-state index contributed by atoms with van der Waals surface area (Å²) >= 11 is 0. The molecule has 10 nitrogen and oxygen atoms in total. The van der Waals surface area contributed by atoms with Crippen LogP contribution in [0.3, 0.4) is 0 Å². The third-order valence-electron chi connectivity index (χ3n) is 4.86. The molecule has 168 valence electrons. The minimum absolute atomic E-state index is 0.0131. The van der Waals surface area contributed by atoms with Gasteiger partial charge in [-0.1, -0.05) is 44.2 Å². The Hall–Kier alpha value is -3.40. The van der Waals surface area contributed by atoms with Crippen LogP contribution in [0.5, 0.6) is 0 Å². The summed E-state index contributed by atoms with van der Waals surface area (Å²) in [4.78, 5) is 44.5. The van der Waals surface area contributed by atoms with Crippen molar-refractivity contribution in [1.29, 1.82) is 0 Å². The molecule has 0 spiro atoms. The molecule has 0 unspecified atom stereocenters. The molecule has 0 bridgehead atoms. The van der Waals surface area contributed by atoms with Crippen molar-refractivity contribution in [1.82, 2.24) is 25.5 Å². The van der Waals surface area contributed by atoms with Crippen molar-refractivity contribution < 1.29 is 24.6 Å². The number of aromatic amines is 1. The van der Waals surface area contributed by atoms with Crippen molar-refractivity contribution in [3.05, 3.63) is 54.1 Å². The normalized spacial score (nSPS) is 12.1. The van der Waals surface area contributed by atoms with Crippen molar-refractivity contribution in [3.8, 4) is 0 Å². The largest absolute Gasteiger partial charge is 0.465 e. The molecule has 2 aromatic rings. The van der Waals surface area contributed by atoms with Gasteiger partial charge >= 0.3 is 6.09 Å². The van der Waals surface area contributed by atoms with Crippen molar-refractivity contribution in [2.24, 2.45) is 0 Å².